The molecule has 5 heteroatoms. The number of hydrogen-bond donors (Lipinski definition) is 1. The van der Waals surface area contributed by atoms with Crippen LogP contribution in [0, 0.1) is 6.92 Å². The number of likely N-dealkylation sites (N-methyl/N-ethyl adjacent to an activating group) is 1. The van der Waals surface area contributed by atoms with E-state index in [1.54, 1.807) is 11.9 Å². The van der Waals surface area contributed by atoms with E-state index in [-0.39, 0.29) is 18.3 Å². The van der Waals surface area contributed by atoms with Gasteiger partial charge in [0, 0.05) is 7.05 Å². The van der Waals surface area contributed by atoms with Crippen molar-refractivity contribution in [1.82, 2.24) is 4.90 Å². The van der Waals surface area contributed by atoms with Gasteiger partial charge in [-0.05, 0) is 31.9 Å². The van der Waals surface area contributed by atoms with Crippen molar-refractivity contribution >= 4 is 18.3 Å². The van der Waals surface area contributed by atoms with Crippen molar-refractivity contribution in [2.75, 3.05) is 20.2 Å². The maximum atomic E-state index is 12.3. The van der Waals surface area contributed by atoms with Gasteiger partial charge < -0.3 is 15.4 Å². The molecule has 1 aromatic carbocycles. The predicted octanol–water partition coefficient (Wildman–Crippen LogP) is 2.53. The largest absolute Gasteiger partial charge is 0.492 e. The van der Waals surface area contributed by atoms with Crippen molar-refractivity contribution < 1.29 is 9.53 Å². The minimum Gasteiger partial charge on any atom is -0.492 e. The van der Waals surface area contributed by atoms with Gasteiger partial charge in [-0.25, -0.2) is 0 Å². The number of nitrogens with zero attached hydrogens (tertiary/aromatic N) is 1. The molecule has 2 N–H and O–H groups in total. The first-order valence-corrected chi connectivity index (χ1v) is 7.25. The number of carbonyl (C=O) groups is 1. The molecular weight excluding hydrogens is 288 g/mol. The lowest BCUT2D eigenvalue weighted by molar-refractivity contribution is -0.135. The number of halogens is 1. The van der Waals surface area contributed by atoms with Crippen LogP contribution in [0.3, 0.4) is 0 Å². The van der Waals surface area contributed by atoms with Crippen molar-refractivity contribution in [2.45, 2.75) is 38.1 Å². The number of amides is 1. The Morgan fingerprint density at radius 3 is 2.43 bits per heavy atom. The molecule has 1 aliphatic carbocycles. The molecule has 0 aromatic heterocycles. The van der Waals surface area contributed by atoms with E-state index in [0.29, 0.717) is 13.2 Å². The average Bonchev–Trinajstić information content (AvgIpc) is 2.88. The molecule has 1 fully saturated rings. The molecule has 21 heavy (non-hydrogen) atoms. The number of benzene rings is 1. The highest BCUT2D eigenvalue weighted by Gasteiger charge is 2.38. The Hall–Kier alpha value is -1.26. The Morgan fingerprint density at radius 2 is 1.86 bits per heavy atom. The van der Waals surface area contributed by atoms with E-state index in [1.165, 1.54) is 5.56 Å². The van der Waals surface area contributed by atoms with Crippen LogP contribution in [0.5, 0.6) is 5.75 Å². The maximum absolute atomic E-state index is 12.3. The molecular formula is C16H25ClN2O2. The summed E-state index contributed by atoms with van der Waals surface area (Å²) in [5, 5.41) is 0. The summed E-state index contributed by atoms with van der Waals surface area (Å²) in [6.45, 7) is 3.09. The lowest BCUT2D eigenvalue weighted by atomic mass is 9.97. The molecule has 1 aliphatic rings. The van der Waals surface area contributed by atoms with Crippen molar-refractivity contribution in [1.29, 1.82) is 0 Å². The van der Waals surface area contributed by atoms with Gasteiger partial charge in [-0.2, -0.15) is 0 Å². The summed E-state index contributed by atoms with van der Waals surface area (Å²) >= 11 is 0. The zero-order valence-corrected chi connectivity index (χ0v) is 13.6. The molecule has 0 heterocycles. The second-order valence-electron chi connectivity index (χ2n) is 5.75. The molecule has 118 valence electrons. The van der Waals surface area contributed by atoms with E-state index in [2.05, 4.69) is 0 Å². The summed E-state index contributed by atoms with van der Waals surface area (Å²) in [7, 11) is 1.80. The Labute approximate surface area is 133 Å². The number of aryl methyl sites for hydroxylation is 1. The molecule has 0 aliphatic heterocycles. The molecule has 0 radical (unpaired) electrons. The van der Waals surface area contributed by atoms with Gasteiger partial charge in [0.25, 0.3) is 0 Å². The SMILES string of the molecule is Cc1ccc(OCCN(C)C(=O)C2(N)CCCC2)cc1.Cl. The van der Waals surface area contributed by atoms with Gasteiger partial charge in [0.05, 0.1) is 12.1 Å². The van der Waals surface area contributed by atoms with E-state index in [1.807, 2.05) is 31.2 Å². The number of carbonyl (C=O) groups excluding carboxylic acids is 1. The first-order chi connectivity index (χ1) is 9.51. The summed E-state index contributed by atoms with van der Waals surface area (Å²) in [4.78, 5) is 14.0. The molecule has 1 amide bonds. The molecule has 4 nitrogen and oxygen atoms in total. The average molecular weight is 313 g/mol. The topological polar surface area (TPSA) is 55.6 Å². The van der Waals surface area contributed by atoms with Gasteiger partial charge in [-0.1, -0.05) is 30.5 Å². The lowest BCUT2D eigenvalue weighted by Crippen LogP contribution is -2.53. The predicted molar refractivity (Wildman–Crippen MR) is 86.9 cm³/mol. The lowest BCUT2D eigenvalue weighted by Gasteiger charge is -2.28. The fourth-order valence-electron chi connectivity index (χ4n) is 2.64. The summed E-state index contributed by atoms with van der Waals surface area (Å²) < 4.78 is 5.64. The summed E-state index contributed by atoms with van der Waals surface area (Å²) in [6, 6.07) is 7.91. The van der Waals surface area contributed by atoms with Gasteiger partial charge in [0.1, 0.15) is 12.4 Å². The van der Waals surface area contributed by atoms with Crippen LogP contribution in [0.1, 0.15) is 31.2 Å². The van der Waals surface area contributed by atoms with Gasteiger partial charge >= 0.3 is 0 Å². The van der Waals surface area contributed by atoms with E-state index < -0.39 is 5.54 Å². The zero-order chi connectivity index (χ0) is 14.6. The van der Waals surface area contributed by atoms with Crippen LogP contribution in [0.25, 0.3) is 0 Å². The van der Waals surface area contributed by atoms with Gasteiger partial charge in [-0.3, -0.25) is 4.79 Å². The van der Waals surface area contributed by atoms with Crippen LogP contribution in [0.4, 0.5) is 0 Å². The third kappa shape index (κ3) is 4.61. The Balaban J connectivity index is 0.00000220. The first-order valence-electron chi connectivity index (χ1n) is 7.25. The quantitative estimate of drug-likeness (QED) is 0.909. The van der Waals surface area contributed by atoms with Crippen LogP contribution < -0.4 is 10.5 Å². The second kappa shape index (κ2) is 7.66. The maximum Gasteiger partial charge on any atom is 0.242 e. The molecule has 0 unspecified atom stereocenters. The molecule has 0 bridgehead atoms. The van der Waals surface area contributed by atoms with Crippen LogP contribution in [0.2, 0.25) is 0 Å². The monoisotopic (exact) mass is 312 g/mol. The second-order valence-corrected chi connectivity index (χ2v) is 5.75. The van der Waals surface area contributed by atoms with Crippen LogP contribution >= 0.6 is 12.4 Å². The molecule has 1 saturated carbocycles. The fourth-order valence-corrected chi connectivity index (χ4v) is 2.64. The van der Waals surface area contributed by atoms with Gasteiger partial charge in [-0.15, -0.1) is 12.4 Å². The third-order valence-electron chi connectivity index (χ3n) is 3.98. The smallest absolute Gasteiger partial charge is 0.242 e. The summed E-state index contributed by atoms with van der Waals surface area (Å²) in [6.07, 6.45) is 3.70. The van der Waals surface area contributed by atoms with Crippen LogP contribution in [0.15, 0.2) is 24.3 Å². The van der Waals surface area contributed by atoms with Crippen LogP contribution in [-0.2, 0) is 4.79 Å². The first kappa shape index (κ1) is 17.8. The van der Waals surface area contributed by atoms with Crippen LogP contribution in [-0.4, -0.2) is 36.5 Å². The minimum atomic E-state index is -0.640. The van der Waals surface area contributed by atoms with Crippen molar-refractivity contribution in [3.8, 4) is 5.75 Å². The number of hydrogen-bond acceptors (Lipinski definition) is 3. The van der Waals surface area contributed by atoms with E-state index in [0.717, 1.165) is 31.4 Å². The normalized spacial score (nSPS) is 16.1. The zero-order valence-electron chi connectivity index (χ0n) is 12.8. The molecule has 0 saturated heterocycles. The number of rotatable bonds is 5. The third-order valence-corrected chi connectivity index (χ3v) is 3.98. The molecule has 1 aromatic rings. The Bertz CT molecular complexity index is 456. The van der Waals surface area contributed by atoms with Crippen molar-refractivity contribution in [3.63, 3.8) is 0 Å². The highest BCUT2D eigenvalue weighted by molar-refractivity contribution is 5.86. The number of ether oxygens (including phenoxy) is 1. The van der Waals surface area contributed by atoms with E-state index >= 15 is 0 Å². The molecule has 2 rings (SSSR count). The fraction of sp³-hybridized carbons (Fsp3) is 0.562. The highest BCUT2D eigenvalue weighted by atomic mass is 35.5. The van der Waals surface area contributed by atoms with E-state index in [4.69, 9.17) is 10.5 Å². The summed E-state index contributed by atoms with van der Waals surface area (Å²) in [5.41, 5.74) is 6.74. The standard InChI is InChI=1S/C16H24N2O2.ClH/c1-13-5-7-14(8-6-13)20-12-11-18(2)15(19)16(17)9-3-4-10-16;/h5-8H,3-4,9-12,17H2,1-2H3;1H. The van der Waals surface area contributed by atoms with Gasteiger partial charge in [0.2, 0.25) is 5.91 Å². The Kier molecular flexibility index (Phi) is 6.49. The number of nitrogens with two attached hydrogens (primary N) is 1. The Morgan fingerprint density at radius 1 is 1.29 bits per heavy atom. The summed E-state index contributed by atoms with van der Waals surface area (Å²) in [5.74, 6) is 0.877. The van der Waals surface area contributed by atoms with Crippen molar-refractivity contribution in [3.05, 3.63) is 29.8 Å². The minimum absolute atomic E-state index is 0. The van der Waals surface area contributed by atoms with Gasteiger partial charge in [0.15, 0.2) is 0 Å². The molecule has 0 atom stereocenters. The highest BCUT2D eigenvalue weighted by Crippen LogP contribution is 2.28. The van der Waals surface area contributed by atoms with Crippen molar-refractivity contribution in [2.24, 2.45) is 5.73 Å². The van der Waals surface area contributed by atoms with E-state index in [9.17, 15) is 4.79 Å². The molecule has 0 spiro atoms.